The summed E-state index contributed by atoms with van der Waals surface area (Å²) in [6.45, 7) is -0.629. The predicted octanol–water partition coefficient (Wildman–Crippen LogP) is -0.540. The van der Waals surface area contributed by atoms with Crippen molar-refractivity contribution in [2.45, 2.75) is 24.1 Å². The molecule has 0 spiro atoms. The van der Waals surface area contributed by atoms with Gasteiger partial charge in [-0.2, -0.15) is 0 Å². The maximum absolute atomic E-state index is 14.4. The number of halogens is 1. The summed E-state index contributed by atoms with van der Waals surface area (Å²) in [6.07, 6.45) is -4.08. The van der Waals surface area contributed by atoms with E-state index in [4.69, 9.17) is 15.0 Å². The molecule has 1 aliphatic heterocycles. The summed E-state index contributed by atoms with van der Waals surface area (Å²) in [5.41, 5.74) is 5.26. The Kier molecular flexibility index (Phi) is 4.62. The smallest absolute Gasteiger partial charge is 0.330 e. The lowest BCUT2D eigenvalue weighted by molar-refractivity contribution is -0.129. The molecule has 4 atom stereocenters. The van der Waals surface area contributed by atoms with Gasteiger partial charge in [0.15, 0.2) is 12.4 Å². The van der Waals surface area contributed by atoms with Crippen LogP contribution in [0.25, 0.3) is 10.4 Å². The van der Waals surface area contributed by atoms with Gasteiger partial charge in [-0.15, -0.1) is 0 Å². The number of ether oxygens (including phenoxy) is 2. The monoisotopic (exact) mass is 315 g/mol. The van der Waals surface area contributed by atoms with Crippen molar-refractivity contribution in [3.05, 3.63) is 43.5 Å². The second kappa shape index (κ2) is 6.28. The number of methoxy groups -OCH3 is 1. The van der Waals surface area contributed by atoms with Crippen LogP contribution < -0.4 is 11.2 Å². The number of azide groups is 1. The zero-order chi connectivity index (χ0) is 16.3. The largest absolute Gasteiger partial charge is 0.387 e. The van der Waals surface area contributed by atoms with Crippen LogP contribution in [0, 0.1) is 0 Å². The highest BCUT2D eigenvalue weighted by Gasteiger charge is 2.56. The minimum Gasteiger partial charge on any atom is -0.387 e. The quantitative estimate of drug-likeness (QED) is 0.426. The van der Waals surface area contributed by atoms with Gasteiger partial charge < -0.3 is 14.6 Å². The van der Waals surface area contributed by atoms with Crippen molar-refractivity contribution in [2.75, 3.05) is 20.3 Å². The van der Waals surface area contributed by atoms with Crippen LogP contribution in [0.3, 0.4) is 0 Å². The normalized spacial score (nSPS) is 31.0. The molecule has 22 heavy (non-hydrogen) atoms. The van der Waals surface area contributed by atoms with Crippen LogP contribution in [0.1, 0.15) is 6.23 Å². The average Bonchev–Trinajstić information content (AvgIpc) is 2.71. The van der Waals surface area contributed by atoms with Gasteiger partial charge >= 0.3 is 5.69 Å². The Bertz CT molecular complexity index is 699. The molecule has 1 aliphatic rings. The Hall–Kier alpha value is -2.20. The summed E-state index contributed by atoms with van der Waals surface area (Å²) in [7, 11) is 1.31. The maximum Gasteiger partial charge on any atom is 0.330 e. The first kappa shape index (κ1) is 16.2. The Labute approximate surface area is 122 Å². The SMILES string of the molecule is COC[C@@]1(CN=[N+]=[N-])O[C@@H](n2ccc(=O)[nH]c2=O)[C@H](F)[C@@H]1O. The zero-order valence-electron chi connectivity index (χ0n) is 11.5. The number of rotatable bonds is 5. The van der Waals surface area contributed by atoms with Gasteiger partial charge in [0.2, 0.25) is 0 Å². The third-order valence-corrected chi connectivity index (χ3v) is 3.38. The van der Waals surface area contributed by atoms with Crippen LogP contribution in [0.15, 0.2) is 27.0 Å². The molecule has 2 rings (SSSR count). The van der Waals surface area contributed by atoms with E-state index in [1.165, 1.54) is 7.11 Å². The van der Waals surface area contributed by atoms with Crippen LogP contribution in [0.4, 0.5) is 4.39 Å². The summed E-state index contributed by atoms with van der Waals surface area (Å²) in [6, 6.07) is 1.02. The summed E-state index contributed by atoms with van der Waals surface area (Å²) in [5.74, 6) is 0. The summed E-state index contributed by atoms with van der Waals surface area (Å²) in [5, 5.41) is 13.4. The van der Waals surface area contributed by atoms with Crippen LogP contribution in [-0.2, 0) is 9.47 Å². The Morgan fingerprint density at radius 1 is 1.68 bits per heavy atom. The molecule has 0 radical (unpaired) electrons. The van der Waals surface area contributed by atoms with Crippen molar-refractivity contribution in [3.63, 3.8) is 0 Å². The lowest BCUT2D eigenvalue weighted by Crippen LogP contribution is -2.48. The van der Waals surface area contributed by atoms with E-state index in [1.54, 1.807) is 0 Å². The molecule has 0 aliphatic carbocycles. The van der Waals surface area contributed by atoms with Gasteiger partial charge in [-0.3, -0.25) is 14.3 Å². The van der Waals surface area contributed by atoms with Crippen molar-refractivity contribution in [2.24, 2.45) is 5.11 Å². The minimum absolute atomic E-state index is 0.248. The van der Waals surface area contributed by atoms with Crippen molar-refractivity contribution in [3.8, 4) is 0 Å². The Morgan fingerprint density at radius 3 is 3.00 bits per heavy atom. The number of nitrogens with one attached hydrogen (secondary N) is 1. The Balaban J connectivity index is 2.41. The van der Waals surface area contributed by atoms with Crippen LogP contribution in [-0.4, -0.2) is 52.8 Å². The van der Waals surface area contributed by atoms with Crippen LogP contribution in [0.2, 0.25) is 0 Å². The first-order valence-corrected chi connectivity index (χ1v) is 6.26. The highest BCUT2D eigenvalue weighted by Crippen LogP contribution is 2.39. The van der Waals surface area contributed by atoms with E-state index < -0.39 is 35.4 Å². The average molecular weight is 315 g/mol. The van der Waals surface area contributed by atoms with Crippen molar-refractivity contribution in [1.29, 1.82) is 0 Å². The molecule has 1 saturated heterocycles. The number of nitrogens with zero attached hydrogens (tertiary/aromatic N) is 4. The van der Waals surface area contributed by atoms with E-state index in [0.29, 0.717) is 0 Å². The maximum atomic E-state index is 14.4. The molecule has 0 saturated carbocycles. The van der Waals surface area contributed by atoms with E-state index in [0.717, 1.165) is 16.8 Å². The van der Waals surface area contributed by atoms with Crippen molar-refractivity contribution < 1.29 is 19.0 Å². The van der Waals surface area contributed by atoms with Gasteiger partial charge in [0, 0.05) is 24.3 Å². The Morgan fingerprint density at radius 2 is 2.41 bits per heavy atom. The predicted molar refractivity (Wildman–Crippen MR) is 71.0 cm³/mol. The molecule has 10 nitrogen and oxygen atoms in total. The van der Waals surface area contributed by atoms with Gasteiger partial charge in [0.05, 0.1) is 13.2 Å². The summed E-state index contributed by atoms with van der Waals surface area (Å²) in [4.78, 5) is 27.3. The van der Waals surface area contributed by atoms with Gasteiger partial charge in [-0.25, -0.2) is 9.18 Å². The summed E-state index contributed by atoms with van der Waals surface area (Å²) < 4.78 is 25.5. The van der Waals surface area contributed by atoms with E-state index in [9.17, 15) is 19.1 Å². The van der Waals surface area contributed by atoms with E-state index in [1.807, 2.05) is 4.98 Å². The molecular formula is C11H14FN5O5. The molecule has 1 fully saturated rings. The number of H-pyrrole nitrogens is 1. The number of hydrogen-bond donors (Lipinski definition) is 2. The fourth-order valence-corrected chi connectivity index (χ4v) is 2.35. The third kappa shape index (κ3) is 2.74. The molecular weight excluding hydrogens is 301 g/mol. The number of aromatic amines is 1. The molecule has 0 amide bonds. The zero-order valence-corrected chi connectivity index (χ0v) is 11.5. The first-order valence-electron chi connectivity index (χ1n) is 6.26. The second-order valence-corrected chi connectivity index (χ2v) is 4.80. The van der Waals surface area contributed by atoms with Gasteiger partial charge in [0.1, 0.15) is 11.7 Å². The minimum atomic E-state index is -1.98. The molecule has 2 N–H and O–H groups in total. The van der Waals surface area contributed by atoms with Gasteiger partial charge in [-0.05, 0) is 5.53 Å². The molecule has 0 bridgehead atoms. The third-order valence-electron chi connectivity index (χ3n) is 3.38. The number of aromatic nitrogens is 2. The molecule has 2 heterocycles. The highest BCUT2D eigenvalue weighted by molar-refractivity contribution is 5.03. The van der Waals surface area contributed by atoms with Crippen molar-refractivity contribution in [1.82, 2.24) is 9.55 Å². The van der Waals surface area contributed by atoms with Crippen LogP contribution in [0.5, 0.6) is 0 Å². The molecule has 120 valence electrons. The number of aliphatic hydroxyl groups excluding tert-OH is 1. The van der Waals surface area contributed by atoms with Gasteiger partial charge in [0.25, 0.3) is 5.56 Å². The number of hydrogen-bond acceptors (Lipinski definition) is 6. The second-order valence-electron chi connectivity index (χ2n) is 4.80. The topological polar surface area (TPSA) is 142 Å². The van der Waals surface area contributed by atoms with Crippen LogP contribution >= 0.6 is 0 Å². The molecule has 0 aromatic carbocycles. The fourth-order valence-electron chi connectivity index (χ4n) is 2.35. The number of alkyl halides is 1. The first-order chi connectivity index (χ1) is 10.4. The molecule has 0 unspecified atom stereocenters. The molecule has 11 heteroatoms. The van der Waals surface area contributed by atoms with E-state index in [2.05, 4.69) is 10.0 Å². The number of aliphatic hydroxyl groups is 1. The van der Waals surface area contributed by atoms with E-state index >= 15 is 0 Å². The van der Waals surface area contributed by atoms with Gasteiger partial charge in [-0.1, -0.05) is 5.11 Å². The standard InChI is InChI=1S/C11H14FN5O5/c1-21-5-11(4-14-16-13)8(19)7(12)9(22-11)17-3-2-6(18)15-10(17)20/h2-3,7-9,19H,4-5H2,1H3,(H,15,18,20)/t7-,8+,9-,11-/m1/s1. The molecule has 1 aromatic rings. The fraction of sp³-hybridized carbons (Fsp3) is 0.636. The van der Waals surface area contributed by atoms with Crippen molar-refractivity contribution >= 4 is 0 Å². The molecule has 1 aromatic heterocycles. The lowest BCUT2D eigenvalue weighted by atomic mass is 9.97. The van der Waals surface area contributed by atoms with E-state index in [-0.39, 0.29) is 13.2 Å². The highest BCUT2D eigenvalue weighted by atomic mass is 19.1. The lowest BCUT2D eigenvalue weighted by Gasteiger charge is -2.29. The summed E-state index contributed by atoms with van der Waals surface area (Å²) >= 11 is 0.